The maximum atomic E-state index is 12.0. The zero-order valence-electron chi connectivity index (χ0n) is 8.48. The predicted octanol–water partition coefficient (Wildman–Crippen LogP) is 2.52. The van der Waals surface area contributed by atoms with Crippen molar-refractivity contribution in [3.8, 4) is 0 Å². The Balaban J connectivity index is 1.66. The molecule has 0 saturated heterocycles. The van der Waals surface area contributed by atoms with Gasteiger partial charge in [-0.1, -0.05) is 6.42 Å². The first-order valence-electron chi connectivity index (χ1n) is 5.53. The van der Waals surface area contributed by atoms with Crippen LogP contribution in [0.2, 0.25) is 0 Å². The van der Waals surface area contributed by atoms with Crippen LogP contribution >= 0.6 is 11.3 Å². The SMILES string of the molecule is O=C(Nc1nccs1)[C@H]1C[C@@H]2CC[C@H]1C2. The fraction of sp³-hybridized carbons (Fsp3) is 0.636. The molecule has 1 aromatic rings. The number of fused-ring (bicyclic) bond motifs is 2. The van der Waals surface area contributed by atoms with Crippen molar-refractivity contribution in [2.45, 2.75) is 25.7 Å². The van der Waals surface area contributed by atoms with Crippen LogP contribution in [0.1, 0.15) is 25.7 Å². The third-order valence-electron chi connectivity index (χ3n) is 3.74. The summed E-state index contributed by atoms with van der Waals surface area (Å²) in [5.74, 6) is 1.92. The van der Waals surface area contributed by atoms with Crippen LogP contribution in [0, 0.1) is 17.8 Å². The summed E-state index contributed by atoms with van der Waals surface area (Å²) in [6.45, 7) is 0. The molecule has 1 aromatic heterocycles. The molecule has 2 aliphatic rings. The van der Waals surface area contributed by atoms with Gasteiger partial charge in [-0.25, -0.2) is 4.98 Å². The van der Waals surface area contributed by atoms with Crippen LogP contribution in [0.5, 0.6) is 0 Å². The van der Waals surface area contributed by atoms with Crippen LogP contribution in [-0.4, -0.2) is 10.9 Å². The van der Waals surface area contributed by atoms with Crippen molar-refractivity contribution in [2.24, 2.45) is 17.8 Å². The van der Waals surface area contributed by atoms with Crippen LogP contribution in [0.25, 0.3) is 0 Å². The minimum absolute atomic E-state index is 0.192. The van der Waals surface area contributed by atoms with Gasteiger partial charge in [0.2, 0.25) is 5.91 Å². The number of amides is 1. The number of carbonyl (C=O) groups is 1. The molecule has 2 bridgehead atoms. The second-order valence-electron chi connectivity index (χ2n) is 4.61. The summed E-state index contributed by atoms with van der Waals surface area (Å²) in [5, 5.41) is 5.54. The quantitative estimate of drug-likeness (QED) is 0.835. The topological polar surface area (TPSA) is 42.0 Å². The normalized spacial score (nSPS) is 33.2. The Labute approximate surface area is 92.9 Å². The summed E-state index contributed by atoms with van der Waals surface area (Å²) in [5.41, 5.74) is 0. The molecule has 80 valence electrons. The van der Waals surface area contributed by atoms with Crippen LogP contribution in [0.15, 0.2) is 11.6 Å². The first-order chi connectivity index (χ1) is 7.33. The third kappa shape index (κ3) is 1.67. The Bertz CT molecular complexity index is 363. The molecular weight excluding hydrogens is 208 g/mol. The highest BCUT2D eigenvalue weighted by Crippen LogP contribution is 2.48. The van der Waals surface area contributed by atoms with Crippen molar-refractivity contribution in [3.63, 3.8) is 0 Å². The highest BCUT2D eigenvalue weighted by Gasteiger charge is 2.43. The van der Waals surface area contributed by atoms with Crippen LogP contribution < -0.4 is 5.32 Å². The zero-order chi connectivity index (χ0) is 10.3. The Morgan fingerprint density at radius 3 is 3.00 bits per heavy atom. The molecule has 0 radical (unpaired) electrons. The van der Waals surface area contributed by atoms with Gasteiger partial charge in [-0.05, 0) is 31.1 Å². The maximum absolute atomic E-state index is 12.0. The van der Waals surface area contributed by atoms with E-state index < -0.39 is 0 Å². The number of thiazole rings is 1. The number of hydrogen-bond donors (Lipinski definition) is 1. The Morgan fingerprint density at radius 1 is 1.47 bits per heavy atom. The fourth-order valence-corrected chi connectivity index (χ4v) is 3.58. The molecule has 0 spiro atoms. The molecule has 0 aromatic carbocycles. The minimum Gasteiger partial charge on any atom is -0.302 e. The highest BCUT2D eigenvalue weighted by atomic mass is 32.1. The van der Waals surface area contributed by atoms with Gasteiger partial charge in [0.15, 0.2) is 5.13 Å². The molecule has 1 amide bonds. The second-order valence-corrected chi connectivity index (χ2v) is 5.50. The van der Waals surface area contributed by atoms with Crippen LogP contribution in [-0.2, 0) is 4.79 Å². The highest BCUT2D eigenvalue weighted by molar-refractivity contribution is 7.13. The molecule has 3 rings (SSSR count). The van der Waals surface area contributed by atoms with E-state index in [1.807, 2.05) is 5.38 Å². The fourth-order valence-electron chi connectivity index (χ4n) is 3.05. The molecule has 2 fully saturated rings. The number of anilines is 1. The smallest absolute Gasteiger partial charge is 0.229 e. The van der Waals surface area contributed by atoms with Crippen molar-refractivity contribution in [1.29, 1.82) is 0 Å². The van der Waals surface area contributed by atoms with E-state index in [0.29, 0.717) is 5.92 Å². The van der Waals surface area contributed by atoms with Gasteiger partial charge in [0.1, 0.15) is 0 Å². The van der Waals surface area contributed by atoms with Crippen molar-refractivity contribution in [2.75, 3.05) is 5.32 Å². The number of rotatable bonds is 2. The van der Waals surface area contributed by atoms with Gasteiger partial charge in [-0.2, -0.15) is 0 Å². The summed E-state index contributed by atoms with van der Waals surface area (Å²) in [6, 6.07) is 0. The molecule has 3 nitrogen and oxygen atoms in total. The van der Waals surface area contributed by atoms with Crippen molar-refractivity contribution >= 4 is 22.4 Å². The predicted molar refractivity (Wildman–Crippen MR) is 59.7 cm³/mol. The van der Waals surface area contributed by atoms with Gasteiger partial charge in [-0.15, -0.1) is 11.3 Å². The summed E-state index contributed by atoms with van der Waals surface area (Å²) in [4.78, 5) is 16.0. The largest absolute Gasteiger partial charge is 0.302 e. The minimum atomic E-state index is 0.192. The van der Waals surface area contributed by atoms with Crippen molar-refractivity contribution in [3.05, 3.63) is 11.6 Å². The molecule has 0 unspecified atom stereocenters. The molecule has 1 heterocycles. The summed E-state index contributed by atoms with van der Waals surface area (Å²) >= 11 is 1.49. The van der Waals surface area contributed by atoms with Gasteiger partial charge >= 0.3 is 0 Å². The number of carbonyl (C=O) groups excluding carboxylic acids is 1. The van der Waals surface area contributed by atoms with Gasteiger partial charge in [0.05, 0.1) is 0 Å². The Morgan fingerprint density at radius 2 is 2.40 bits per heavy atom. The van der Waals surface area contributed by atoms with E-state index in [1.165, 1.54) is 30.6 Å². The van der Waals surface area contributed by atoms with Gasteiger partial charge in [0.25, 0.3) is 0 Å². The summed E-state index contributed by atoms with van der Waals surface area (Å²) in [7, 11) is 0. The lowest BCUT2D eigenvalue weighted by Crippen LogP contribution is -2.27. The molecule has 1 N–H and O–H groups in total. The van der Waals surface area contributed by atoms with Gasteiger partial charge in [0, 0.05) is 17.5 Å². The number of aromatic nitrogens is 1. The van der Waals surface area contributed by atoms with E-state index in [1.54, 1.807) is 6.20 Å². The average Bonchev–Trinajstić information content (AvgIpc) is 2.93. The Hall–Kier alpha value is -0.900. The standard InChI is InChI=1S/C11H14N2OS/c14-10(13-11-12-3-4-15-11)9-6-7-1-2-8(9)5-7/h3-4,7-9H,1-2,5-6H2,(H,12,13,14)/t7-,8+,9+/m1/s1. The lowest BCUT2D eigenvalue weighted by atomic mass is 9.88. The van der Waals surface area contributed by atoms with E-state index in [9.17, 15) is 4.79 Å². The average molecular weight is 222 g/mol. The lowest BCUT2D eigenvalue weighted by Gasteiger charge is -2.19. The zero-order valence-corrected chi connectivity index (χ0v) is 9.30. The third-order valence-corrected chi connectivity index (χ3v) is 4.43. The molecule has 3 atom stereocenters. The van der Waals surface area contributed by atoms with E-state index in [4.69, 9.17) is 0 Å². The Kier molecular flexibility index (Phi) is 2.24. The first-order valence-corrected chi connectivity index (χ1v) is 6.41. The molecule has 0 aliphatic heterocycles. The number of nitrogens with one attached hydrogen (secondary N) is 1. The van der Waals surface area contributed by atoms with Crippen LogP contribution in [0.3, 0.4) is 0 Å². The number of hydrogen-bond acceptors (Lipinski definition) is 3. The van der Waals surface area contributed by atoms with E-state index >= 15 is 0 Å². The van der Waals surface area contributed by atoms with E-state index in [0.717, 1.165) is 17.5 Å². The van der Waals surface area contributed by atoms with E-state index in [2.05, 4.69) is 10.3 Å². The first kappa shape index (κ1) is 9.33. The lowest BCUT2D eigenvalue weighted by molar-refractivity contribution is -0.121. The van der Waals surface area contributed by atoms with E-state index in [-0.39, 0.29) is 11.8 Å². The van der Waals surface area contributed by atoms with Gasteiger partial charge in [-0.3, -0.25) is 4.79 Å². The molecule has 15 heavy (non-hydrogen) atoms. The summed E-state index contributed by atoms with van der Waals surface area (Å²) in [6.07, 6.45) is 6.69. The van der Waals surface area contributed by atoms with Crippen molar-refractivity contribution in [1.82, 2.24) is 4.98 Å². The monoisotopic (exact) mass is 222 g/mol. The second kappa shape index (κ2) is 3.59. The van der Waals surface area contributed by atoms with Crippen LogP contribution in [0.4, 0.5) is 5.13 Å². The number of nitrogens with zero attached hydrogens (tertiary/aromatic N) is 1. The maximum Gasteiger partial charge on any atom is 0.229 e. The summed E-state index contributed by atoms with van der Waals surface area (Å²) < 4.78 is 0. The van der Waals surface area contributed by atoms with Gasteiger partial charge < -0.3 is 5.32 Å². The molecule has 2 saturated carbocycles. The molecule has 4 heteroatoms. The van der Waals surface area contributed by atoms with Crippen molar-refractivity contribution < 1.29 is 4.79 Å². The molecule has 2 aliphatic carbocycles. The molecular formula is C11H14N2OS.